The van der Waals surface area contributed by atoms with Gasteiger partial charge in [0.25, 0.3) is 0 Å². The minimum atomic E-state index is 0.253. The van der Waals surface area contributed by atoms with Crippen molar-refractivity contribution < 1.29 is 0 Å². The fourth-order valence-electron chi connectivity index (χ4n) is 3.32. The van der Waals surface area contributed by atoms with Gasteiger partial charge in [-0.2, -0.15) is 5.10 Å². The van der Waals surface area contributed by atoms with Crippen LogP contribution in [0.4, 0.5) is 5.82 Å². The summed E-state index contributed by atoms with van der Waals surface area (Å²) in [5.41, 5.74) is 5.52. The molecule has 6 heteroatoms. The SMILES string of the molecule is CCc1cc(-c2cc(NC[C@H](c3ccc(C)cc3)N(C)C)nc(C)n2)n(C)n1. The van der Waals surface area contributed by atoms with Crippen LogP contribution in [-0.2, 0) is 13.5 Å². The second-order valence-corrected chi connectivity index (χ2v) is 7.45. The molecule has 0 bridgehead atoms. The van der Waals surface area contributed by atoms with Crippen molar-refractivity contribution in [3.05, 3.63) is 59.0 Å². The molecule has 0 unspecified atom stereocenters. The van der Waals surface area contributed by atoms with E-state index in [9.17, 15) is 0 Å². The van der Waals surface area contributed by atoms with Crippen LogP contribution < -0.4 is 5.32 Å². The van der Waals surface area contributed by atoms with E-state index in [1.165, 1.54) is 11.1 Å². The van der Waals surface area contributed by atoms with Crippen LogP contribution in [0, 0.1) is 13.8 Å². The van der Waals surface area contributed by atoms with E-state index in [0.29, 0.717) is 0 Å². The van der Waals surface area contributed by atoms with E-state index in [1.807, 2.05) is 24.7 Å². The number of benzene rings is 1. The van der Waals surface area contributed by atoms with Gasteiger partial charge in [0.15, 0.2) is 0 Å². The molecule has 3 aromatic rings. The average Bonchev–Trinajstić information content (AvgIpc) is 3.03. The summed E-state index contributed by atoms with van der Waals surface area (Å²) in [5, 5.41) is 8.05. The summed E-state index contributed by atoms with van der Waals surface area (Å²) in [4.78, 5) is 11.4. The van der Waals surface area contributed by atoms with Crippen LogP contribution in [0.15, 0.2) is 36.4 Å². The first kappa shape index (κ1) is 20.0. The maximum absolute atomic E-state index is 4.62. The van der Waals surface area contributed by atoms with Gasteiger partial charge in [0.1, 0.15) is 11.6 Å². The fourth-order valence-corrected chi connectivity index (χ4v) is 3.32. The molecule has 0 radical (unpaired) electrons. The minimum absolute atomic E-state index is 0.253. The monoisotopic (exact) mass is 378 g/mol. The molecular formula is C22H30N6. The van der Waals surface area contributed by atoms with Crippen molar-refractivity contribution in [1.29, 1.82) is 0 Å². The van der Waals surface area contributed by atoms with Crippen molar-refractivity contribution in [2.24, 2.45) is 7.05 Å². The quantitative estimate of drug-likeness (QED) is 0.678. The highest BCUT2D eigenvalue weighted by Gasteiger charge is 2.15. The first-order chi connectivity index (χ1) is 13.4. The Bertz CT molecular complexity index is 927. The van der Waals surface area contributed by atoms with Gasteiger partial charge in [0.05, 0.1) is 23.1 Å². The summed E-state index contributed by atoms with van der Waals surface area (Å²) in [6, 6.07) is 13.1. The summed E-state index contributed by atoms with van der Waals surface area (Å²) in [7, 11) is 6.16. The summed E-state index contributed by atoms with van der Waals surface area (Å²) in [5.74, 6) is 1.58. The molecule has 0 aliphatic heterocycles. The van der Waals surface area contributed by atoms with Gasteiger partial charge in [-0.15, -0.1) is 0 Å². The number of nitrogens with one attached hydrogen (secondary N) is 1. The minimum Gasteiger partial charge on any atom is -0.368 e. The third-order valence-corrected chi connectivity index (χ3v) is 4.96. The molecule has 148 valence electrons. The molecule has 2 heterocycles. The molecule has 0 aliphatic carbocycles. The second kappa shape index (κ2) is 8.52. The lowest BCUT2D eigenvalue weighted by molar-refractivity contribution is 0.311. The zero-order valence-electron chi connectivity index (χ0n) is 17.7. The van der Waals surface area contributed by atoms with Gasteiger partial charge in [0.2, 0.25) is 0 Å². The van der Waals surface area contributed by atoms with Gasteiger partial charge in [-0.05, 0) is 46.0 Å². The van der Waals surface area contributed by atoms with E-state index in [-0.39, 0.29) is 6.04 Å². The number of hydrogen-bond acceptors (Lipinski definition) is 5. The molecule has 3 rings (SSSR count). The second-order valence-electron chi connectivity index (χ2n) is 7.45. The molecule has 1 N–H and O–H groups in total. The van der Waals surface area contributed by atoms with Crippen molar-refractivity contribution in [3.63, 3.8) is 0 Å². The van der Waals surface area contributed by atoms with Crippen molar-refractivity contribution >= 4 is 5.82 Å². The average molecular weight is 379 g/mol. The van der Waals surface area contributed by atoms with E-state index in [4.69, 9.17) is 0 Å². The molecule has 2 aromatic heterocycles. The maximum Gasteiger partial charge on any atom is 0.130 e. The number of anilines is 1. The van der Waals surface area contributed by atoms with Gasteiger partial charge in [-0.3, -0.25) is 4.68 Å². The number of aromatic nitrogens is 4. The summed E-state index contributed by atoms with van der Waals surface area (Å²) >= 11 is 0. The molecule has 1 atom stereocenters. The van der Waals surface area contributed by atoms with Gasteiger partial charge in [0, 0.05) is 19.7 Å². The molecule has 0 saturated heterocycles. The number of hydrogen-bond donors (Lipinski definition) is 1. The lowest BCUT2D eigenvalue weighted by Gasteiger charge is -2.25. The largest absolute Gasteiger partial charge is 0.368 e. The highest BCUT2D eigenvalue weighted by Crippen LogP contribution is 2.23. The van der Waals surface area contributed by atoms with Crippen LogP contribution in [0.2, 0.25) is 0 Å². The van der Waals surface area contributed by atoms with E-state index in [2.05, 4.69) is 83.6 Å². The molecule has 0 fully saturated rings. The van der Waals surface area contributed by atoms with E-state index < -0.39 is 0 Å². The van der Waals surface area contributed by atoms with Gasteiger partial charge in [-0.1, -0.05) is 36.8 Å². The van der Waals surface area contributed by atoms with Crippen molar-refractivity contribution in [3.8, 4) is 11.4 Å². The van der Waals surface area contributed by atoms with Crippen molar-refractivity contribution in [2.75, 3.05) is 26.0 Å². The molecule has 0 saturated carbocycles. The van der Waals surface area contributed by atoms with E-state index in [0.717, 1.165) is 41.7 Å². The topological polar surface area (TPSA) is 58.9 Å². The van der Waals surface area contributed by atoms with Crippen LogP contribution in [-0.4, -0.2) is 45.3 Å². The molecule has 1 aromatic carbocycles. The predicted octanol–water partition coefficient (Wildman–Crippen LogP) is 3.77. The number of likely N-dealkylation sites (N-methyl/N-ethyl adjacent to an activating group) is 1. The fraction of sp³-hybridized carbons (Fsp3) is 0.409. The Kier molecular flexibility index (Phi) is 6.09. The first-order valence-corrected chi connectivity index (χ1v) is 9.73. The van der Waals surface area contributed by atoms with Crippen LogP contribution >= 0.6 is 0 Å². The summed E-state index contributed by atoms with van der Waals surface area (Å²) < 4.78 is 1.89. The lowest BCUT2D eigenvalue weighted by Crippen LogP contribution is -2.27. The van der Waals surface area contributed by atoms with Gasteiger partial charge < -0.3 is 10.2 Å². The van der Waals surface area contributed by atoms with Crippen LogP contribution in [0.25, 0.3) is 11.4 Å². The smallest absolute Gasteiger partial charge is 0.130 e. The number of rotatable bonds is 7. The Hall–Kier alpha value is -2.73. The van der Waals surface area contributed by atoms with Crippen molar-refractivity contribution in [1.82, 2.24) is 24.6 Å². The predicted molar refractivity (Wildman–Crippen MR) is 114 cm³/mol. The van der Waals surface area contributed by atoms with E-state index >= 15 is 0 Å². The van der Waals surface area contributed by atoms with E-state index in [1.54, 1.807) is 0 Å². The summed E-state index contributed by atoms with van der Waals surface area (Å²) in [6.07, 6.45) is 0.907. The molecular weight excluding hydrogens is 348 g/mol. The Balaban J connectivity index is 1.82. The third kappa shape index (κ3) is 4.57. The zero-order chi connectivity index (χ0) is 20.3. The third-order valence-electron chi connectivity index (χ3n) is 4.96. The Morgan fingerprint density at radius 3 is 2.39 bits per heavy atom. The van der Waals surface area contributed by atoms with Gasteiger partial charge in [-0.25, -0.2) is 9.97 Å². The Morgan fingerprint density at radius 2 is 1.79 bits per heavy atom. The first-order valence-electron chi connectivity index (χ1n) is 9.73. The van der Waals surface area contributed by atoms with Crippen LogP contribution in [0.1, 0.15) is 35.6 Å². The summed E-state index contributed by atoms with van der Waals surface area (Å²) in [6.45, 7) is 6.91. The highest BCUT2D eigenvalue weighted by molar-refractivity contribution is 5.59. The normalized spacial score (nSPS) is 12.4. The number of aryl methyl sites for hydroxylation is 4. The zero-order valence-corrected chi connectivity index (χ0v) is 17.7. The van der Waals surface area contributed by atoms with Crippen molar-refractivity contribution in [2.45, 2.75) is 33.2 Å². The molecule has 6 nitrogen and oxygen atoms in total. The standard InChI is InChI=1S/C22H30N6/c1-7-18-12-20(28(6)26-18)19-13-22(25-16(3)24-19)23-14-21(27(4)5)17-10-8-15(2)9-11-17/h8-13,21H,7,14H2,1-6H3,(H,23,24,25)/t21-/m1/s1. The Morgan fingerprint density at radius 1 is 1.07 bits per heavy atom. The van der Waals surface area contributed by atoms with Gasteiger partial charge >= 0.3 is 0 Å². The maximum atomic E-state index is 4.62. The Labute approximate surface area is 167 Å². The molecule has 0 amide bonds. The highest BCUT2D eigenvalue weighted by atomic mass is 15.3. The number of nitrogens with zero attached hydrogens (tertiary/aromatic N) is 5. The molecule has 0 spiro atoms. The van der Waals surface area contributed by atoms with Crippen LogP contribution in [0.5, 0.6) is 0 Å². The van der Waals surface area contributed by atoms with Crippen LogP contribution in [0.3, 0.4) is 0 Å². The molecule has 0 aliphatic rings. The molecule has 28 heavy (non-hydrogen) atoms. The lowest BCUT2D eigenvalue weighted by atomic mass is 10.0.